The second kappa shape index (κ2) is 12.5. The Hall–Kier alpha value is -0.890. The number of hydrogen-bond acceptors (Lipinski definition) is 7. The van der Waals surface area contributed by atoms with Crippen LogP contribution in [0.1, 0.15) is 39.5 Å². The summed E-state index contributed by atoms with van der Waals surface area (Å²) in [7, 11) is 0. The maximum absolute atomic E-state index is 11.8. The molecule has 152 valence electrons. The Kier molecular flexibility index (Phi) is 10.3. The number of hydrogen-bond donors (Lipinski definition) is 0. The summed E-state index contributed by atoms with van der Waals surface area (Å²) in [6.45, 7) is 15.5. The molecule has 0 bridgehead atoms. The molecule has 0 atom stereocenters. The van der Waals surface area contributed by atoms with E-state index >= 15 is 0 Å². The quantitative estimate of drug-likeness (QED) is 0.544. The number of carbonyl (C=O) groups is 1. The highest BCUT2D eigenvalue weighted by molar-refractivity contribution is 5.59. The molecule has 0 N–H and O–H groups in total. The van der Waals surface area contributed by atoms with E-state index < -0.39 is 6.16 Å². The molecular formula is C19H38N4O3. The van der Waals surface area contributed by atoms with E-state index in [9.17, 15) is 4.79 Å². The number of rotatable bonds is 10. The molecule has 0 aromatic rings. The molecular weight excluding hydrogens is 332 g/mol. The zero-order chi connectivity index (χ0) is 18.6. The largest absolute Gasteiger partial charge is 0.510 e. The summed E-state index contributed by atoms with van der Waals surface area (Å²) >= 11 is 0. The maximum Gasteiger partial charge on any atom is 0.510 e. The topological polar surface area (TPSA) is 48.5 Å². The van der Waals surface area contributed by atoms with Gasteiger partial charge in [-0.25, -0.2) is 4.79 Å². The first kappa shape index (κ1) is 21.4. The summed E-state index contributed by atoms with van der Waals surface area (Å²) in [6, 6.07) is 0. The molecule has 2 aliphatic rings. The minimum absolute atomic E-state index is 0.339. The maximum atomic E-state index is 11.8. The van der Waals surface area contributed by atoms with Crippen molar-refractivity contribution in [3.05, 3.63) is 0 Å². The molecule has 2 aliphatic heterocycles. The number of unbranched alkanes of at least 4 members (excludes halogenated alkanes) is 2. The fraction of sp³-hybridized carbons (Fsp3) is 0.947. The van der Waals surface area contributed by atoms with Gasteiger partial charge < -0.3 is 19.3 Å². The van der Waals surface area contributed by atoms with Gasteiger partial charge in [0.1, 0.15) is 13.5 Å². The van der Waals surface area contributed by atoms with Gasteiger partial charge in [-0.05, 0) is 25.9 Å². The molecule has 26 heavy (non-hydrogen) atoms. The molecule has 0 unspecified atom stereocenters. The van der Waals surface area contributed by atoms with Crippen LogP contribution < -0.4 is 0 Å². The molecule has 0 amide bonds. The molecule has 7 heteroatoms. The van der Waals surface area contributed by atoms with Crippen LogP contribution in [0.15, 0.2) is 0 Å². The van der Waals surface area contributed by atoms with Crippen molar-refractivity contribution in [2.45, 2.75) is 39.5 Å². The smallest absolute Gasteiger partial charge is 0.418 e. The predicted octanol–water partition coefficient (Wildman–Crippen LogP) is 1.89. The summed E-state index contributed by atoms with van der Waals surface area (Å²) in [5, 5.41) is 0. The highest BCUT2D eigenvalue weighted by Gasteiger charge is 2.19. The Morgan fingerprint density at radius 2 is 1.00 bits per heavy atom. The lowest BCUT2D eigenvalue weighted by atomic mass is 10.2. The van der Waals surface area contributed by atoms with Crippen molar-refractivity contribution < 1.29 is 14.3 Å². The van der Waals surface area contributed by atoms with Gasteiger partial charge in [0.15, 0.2) is 0 Å². The molecule has 2 rings (SSSR count). The van der Waals surface area contributed by atoms with Crippen LogP contribution in [0, 0.1) is 0 Å². The Labute approximate surface area is 159 Å². The molecule has 0 radical (unpaired) electrons. The molecule has 0 aromatic heterocycles. The van der Waals surface area contributed by atoms with Crippen LogP contribution in [0.25, 0.3) is 0 Å². The van der Waals surface area contributed by atoms with E-state index in [0.29, 0.717) is 13.5 Å². The third-order valence-electron chi connectivity index (χ3n) is 5.32. The van der Waals surface area contributed by atoms with Crippen LogP contribution in [0.4, 0.5) is 4.79 Å². The van der Waals surface area contributed by atoms with Gasteiger partial charge >= 0.3 is 6.16 Å². The predicted molar refractivity (Wildman–Crippen MR) is 103 cm³/mol. The Morgan fingerprint density at radius 1 is 0.654 bits per heavy atom. The lowest BCUT2D eigenvalue weighted by Gasteiger charge is -2.34. The van der Waals surface area contributed by atoms with E-state index in [1.165, 1.54) is 38.8 Å². The molecule has 0 saturated carbocycles. The van der Waals surface area contributed by atoms with Crippen LogP contribution >= 0.6 is 0 Å². The third kappa shape index (κ3) is 8.20. The van der Waals surface area contributed by atoms with Crippen molar-refractivity contribution in [2.75, 3.05) is 78.9 Å². The van der Waals surface area contributed by atoms with E-state index in [-0.39, 0.29) is 0 Å². The second-order valence-corrected chi connectivity index (χ2v) is 7.42. The average molecular weight is 371 g/mol. The molecule has 2 saturated heterocycles. The number of nitrogens with zero attached hydrogens (tertiary/aromatic N) is 4. The Morgan fingerprint density at radius 3 is 1.35 bits per heavy atom. The van der Waals surface area contributed by atoms with Crippen LogP contribution in [-0.4, -0.2) is 105 Å². The third-order valence-corrected chi connectivity index (χ3v) is 5.32. The number of ether oxygens (including phenoxy) is 2. The van der Waals surface area contributed by atoms with E-state index in [0.717, 1.165) is 52.4 Å². The highest BCUT2D eigenvalue weighted by atomic mass is 16.7. The average Bonchev–Trinajstić information content (AvgIpc) is 2.69. The summed E-state index contributed by atoms with van der Waals surface area (Å²) in [4.78, 5) is 21.1. The van der Waals surface area contributed by atoms with Crippen LogP contribution in [0.2, 0.25) is 0 Å². The Balaban J connectivity index is 1.50. The monoisotopic (exact) mass is 370 g/mol. The number of piperazine rings is 2. The van der Waals surface area contributed by atoms with Gasteiger partial charge in [0.2, 0.25) is 0 Å². The zero-order valence-electron chi connectivity index (χ0n) is 16.8. The van der Waals surface area contributed by atoms with Gasteiger partial charge in [-0.3, -0.25) is 9.80 Å². The van der Waals surface area contributed by atoms with Gasteiger partial charge in [0.25, 0.3) is 0 Å². The zero-order valence-corrected chi connectivity index (χ0v) is 16.8. The van der Waals surface area contributed by atoms with Crippen LogP contribution in [0.5, 0.6) is 0 Å². The van der Waals surface area contributed by atoms with E-state index in [1.54, 1.807) is 0 Å². The first-order valence-electron chi connectivity index (χ1n) is 10.4. The normalized spacial score (nSPS) is 21.0. The van der Waals surface area contributed by atoms with Crippen molar-refractivity contribution in [3.63, 3.8) is 0 Å². The van der Waals surface area contributed by atoms with Crippen LogP contribution in [-0.2, 0) is 9.47 Å². The molecule has 7 nitrogen and oxygen atoms in total. The molecule has 0 spiro atoms. The molecule has 0 aliphatic carbocycles. The molecule has 2 heterocycles. The lowest BCUT2D eigenvalue weighted by molar-refractivity contribution is -0.0300. The van der Waals surface area contributed by atoms with Crippen LogP contribution in [0.3, 0.4) is 0 Å². The number of carbonyl (C=O) groups excluding carboxylic acids is 1. The first-order valence-corrected chi connectivity index (χ1v) is 10.4. The van der Waals surface area contributed by atoms with E-state index in [2.05, 4.69) is 33.4 Å². The van der Waals surface area contributed by atoms with Crippen molar-refractivity contribution in [1.82, 2.24) is 19.6 Å². The van der Waals surface area contributed by atoms with Gasteiger partial charge in [-0.2, -0.15) is 0 Å². The summed E-state index contributed by atoms with van der Waals surface area (Å²) in [5.41, 5.74) is 0. The van der Waals surface area contributed by atoms with E-state index in [1.807, 2.05) is 0 Å². The minimum Gasteiger partial charge on any atom is -0.418 e. The van der Waals surface area contributed by atoms with Crippen molar-refractivity contribution in [3.8, 4) is 0 Å². The van der Waals surface area contributed by atoms with E-state index in [4.69, 9.17) is 9.47 Å². The van der Waals surface area contributed by atoms with Gasteiger partial charge in [-0.1, -0.05) is 26.7 Å². The fourth-order valence-electron chi connectivity index (χ4n) is 3.38. The highest BCUT2D eigenvalue weighted by Crippen LogP contribution is 2.06. The standard InChI is InChI=1S/C19H38N4O3/c1-3-5-7-20-9-13-22(14-10-20)17-25-19(24)26-18-23-15-11-21(12-16-23)8-6-4-2/h3-18H2,1-2H3. The minimum atomic E-state index is -0.549. The SMILES string of the molecule is CCCCN1CCN(COC(=O)OCN2CCN(CCCC)CC2)CC1. The summed E-state index contributed by atoms with van der Waals surface area (Å²) < 4.78 is 10.5. The first-order chi connectivity index (χ1) is 12.7. The molecule has 2 fully saturated rings. The molecule has 0 aromatic carbocycles. The summed E-state index contributed by atoms with van der Waals surface area (Å²) in [5.74, 6) is 0. The van der Waals surface area contributed by atoms with Gasteiger partial charge in [0, 0.05) is 52.4 Å². The lowest BCUT2D eigenvalue weighted by Crippen LogP contribution is -2.48. The fourth-order valence-corrected chi connectivity index (χ4v) is 3.38. The van der Waals surface area contributed by atoms with Crippen molar-refractivity contribution in [2.24, 2.45) is 0 Å². The second-order valence-electron chi connectivity index (χ2n) is 7.42. The van der Waals surface area contributed by atoms with Gasteiger partial charge in [0.05, 0.1) is 0 Å². The summed E-state index contributed by atoms with van der Waals surface area (Å²) in [6.07, 6.45) is 4.45. The van der Waals surface area contributed by atoms with Crippen molar-refractivity contribution in [1.29, 1.82) is 0 Å². The Bertz CT molecular complexity index is 347. The van der Waals surface area contributed by atoms with Crippen molar-refractivity contribution >= 4 is 6.16 Å². The van der Waals surface area contributed by atoms with Gasteiger partial charge in [-0.15, -0.1) is 0 Å².